The van der Waals surface area contributed by atoms with Crippen molar-refractivity contribution in [1.82, 2.24) is 10.2 Å². The minimum absolute atomic E-state index is 0.0593. The molecule has 2 unspecified atom stereocenters. The molecular weight excluding hydrogens is 339 g/mol. The van der Waals surface area contributed by atoms with Crippen LogP contribution in [-0.4, -0.2) is 30.2 Å². The van der Waals surface area contributed by atoms with Gasteiger partial charge < -0.3 is 15.0 Å². The number of nitrogens with one attached hydrogen (secondary N) is 1. The maximum Gasteiger partial charge on any atom is 0.318 e. The molecule has 1 fully saturated rings. The molecule has 132 valence electrons. The first-order valence-corrected chi connectivity index (χ1v) is 9.56. The number of carbonyl (C=O) groups excluding carboxylic acids is 1. The van der Waals surface area contributed by atoms with E-state index in [1.165, 1.54) is 22.6 Å². The number of nitrogens with zero attached hydrogens (tertiary/aromatic N) is 1. The number of hydrogen-bond acceptors (Lipinski definition) is 3. The predicted molar refractivity (Wildman–Crippen MR) is 95.1 cm³/mol. The van der Waals surface area contributed by atoms with Gasteiger partial charge in [0, 0.05) is 24.6 Å². The third-order valence-corrected chi connectivity index (χ3v) is 5.96. The number of fused-ring (bicyclic) bond motifs is 1. The Balaban J connectivity index is 1.50. The smallest absolute Gasteiger partial charge is 0.318 e. The number of rotatable bonds is 3. The molecule has 1 saturated heterocycles. The summed E-state index contributed by atoms with van der Waals surface area (Å²) in [7, 11) is 0. The Kier molecular flexibility index (Phi) is 4.72. The summed E-state index contributed by atoms with van der Waals surface area (Å²) in [6.45, 7) is 2.08. The molecule has 0 aliphatic carbocycles. The maximum atomic E-state index is 13.3. The van der Waals surface area contributed by atoms with Gasteiger partial charge in [-0.15, -0.1) is 11.3 Å². The van der Waals surface area contributed by atoms with Crippen molar-refractivity contribution >= 4 is 17.4 Å². The molecule has 1 aromatic heterocycles. The lowest BCUT2D eigenvalue weighted by Gasteiger charge is -2.31. The van der Waals surface area contributed by atoms with Gasteiger partial charge in [0.15, 0.2) is 0 Å². The van der Waals surface area contributed by atoms with Crippen molar-refractivity contribution in [1.29, 1.82) is 0 Å². The predicted octanol–water partition coefficient (Wildman–Crippen LogP) is 3.88. The van der Waals surface area contributed by atoms with E-state index < -0.39 is 0 Å². The van der Waals surface area contributed by atoms with Gasteiger partial charge in [-0.25, -0.2) is 9.18 Å². The summed E-state index contributed by atoms with van der Waals surface area (Å²) in [6.07, 6.45) is 2.73. The zero-order valence-electron chi connectivity index (χ0n) is 13.9. The monoisotopic (exact) mass is 360 g/mol. The minimum atomic E-state index is -0.276. The van der Waals surface area contributed by atoms with Crippen molar-refractivity contribution in [3.63, 3.8) is 0 Å². The van der Waals surface area contributed by atoms with Gasteiger partial charge >= 0.3 is 6.03 Å². The van der Waals surface area contributed by atoms with E-state index >= 15 is 0 Å². The zero-order chi connectivity index (χ0) is 17.2. The van der Waals surface area contributed by atoms with E-state index in [9.17, 15) is 9.18 Å². The number of amides is 2. The molecule has 2 aliphatic rings. The van der Waals surface area contributed by atoms with Crippen LogP contribution in [0.3, 0.4) is 0 Å². The highest BCUT2D eigenvalue weighted by atomic mass is 32.1. The Labute approximate surface area is 150 Å². The number of halogens is 1. The molecule has 2 amide bonds. The molecule has 1 aromatic carbocycles. The first-order chi connectivity index (χ1) is 12.2. The molecular formula is C19H21FN2O2S. The van der Waals surface area contributed by atoms with E-state index in [0.717, 1.165) is 31.4 Å². The van der Waals surface area contributed by atoms with Crippen molar-refractivity contribution in [3.8, 4) is 0 Å². The Hall–Kier alpha value is -1.92. The first kappa shape index (κ1) is 16.5. The SMILES string of the molecule is O=C(NC(c1ccc(F)cc1)C1CCCO1)N1CCc2sccc2C1. The molecule has 0 radical (unpaired) electrons. The van der Waals surface area contributed by atoms with E-state index in [-0.39, 0.29) is 24.0 Å². The fourth-order valence-corrected chi connectivity index (χ4v) is 4.46. The molecule has 0 bridgehead atoms. The van der Waals surface area contributed by atoms with E-state index in [1.807, 2.05) is 4.90 Å². The summed E-state index contributed by atoms with van der Waals surface area (Å²) >= 11 is 1.76. The van der Waals surface area contributed by atoms with E-state index in [4.69, 9.17) is 4.74 Å². The summed E-state index contributed by atoms with van der Waals surface area (Å²) in [5.74, 6) is -0.276. The average Bonchev–Trinajstić information content (AvgIpc) is 3.31. The molecule has 4 rings (SSSR count). The number of urea groups is 1. The van der Waals surface area contributed by atoms with Crippen LogP contribution >= 0.6 is 11.3 Å². The molecule has 2 aromatic rings. The standard InChI is InChI=1S/C19H21FN2O2S/c20-15-5-3-13(4-6-15)18(16-2-1-10-24-16)21-19(23)22-9-7-17-14(12-22)8-11-25-17/h3-6,8,11,16,18H,1-2,7,9-10,12H2,(H,21,23). The lowest BCUT2D eigenvalue weighted by Crippen LogP contribution is -2.46. The lowest BCUT2D eigenvalue weighted by molar-refractivity contribution is 0.0775. The van der Waals surface area contributed by atoms with Crippen LogP contribution in [0.15, 0.2) is 35.7 Å². The van der Waals surface area contributed by atoms with Crippen LogP contribution in [-0.2, 0) is 17.7 Å². The highest BCUT2D eigenvalue weighted by molar-refractivity contribution is 7.10. The normalized spacial score (nSPS) is 21.0. The van der Waals surface area contributed by atoms with Crippen LogP contribution in [0, 0.1) is 5.82 Å². The van der Waals surface area contributed by atoms with Crippen molar-refractivity contribution < 1.29 is 13.9 Å². The van der Waals surface area contributed by atoms with Crippen LogP contribution in [0.2, 0.25) is 0 Å². The van der Waals surface area contributed by atoms with Crippen LogP contribution in [0.5, 0.6) is 0 Å². The number of thiophene rings is 1. The second kappa shape index (κ2) is 7.14. The third-order valence-electron chi connectivity index (χ3n) is 4.94. The van der Waals surface area contributed by atoms with E-state index in [1.54, 1.807) is 23.5 Å². The fraction of sp³-hybridized carbons (Fsp3) is 0.421. The van der Waals surface area contributed by atoms with Gasteiger partial charge in [-0.1, -0.05) is 12.1 Å². The maximum absolute atomic E-state index is 13.3. The topological polar surface area (TPSA) is 41.6 Å². The highest BCUT2D eigenvalue weighted by Gasteiger charge is 2.31. The van der Waals surface area contributed by atoms with Crippen molar-refractivity contribution in [2.24, 2.45) is 0 Å². The quantitative estimate of drug-likeness (QED) is 0.903. The molecule has 1 N–H and O–H groups in total. The van der Waals surface area contributed by atoms with Gasteiger partial charge in [0.1, 0.15) is 5.82 Å². The van der Waals surface area contributed by atoms with Gasteiger partial charge in [-0.3, -0.25) is 0 Å². The largest absolute Gasteiger partial charge is 0.376 e. The molecule has 4 nitrogen and oxygen atoms in total. The fourth-order valence-electron chi connectivity index (χ4n) is 3.57. The molecule has 6 heteroatoms. The Morgan fingerprint density at radius 2 is 2.16 bits per heavy atom. The van der Waals surface area contributed by atoms with Crippen LogP contribution in [0.25, 0.3) is 0 Å². The summed E-state index contributed by atoms with van der Waals surface area (Å²) in [5, 5.41) is 5.21. The Morgan fingerprint density at radius 3 is 2.92 bits per heavy atom. The average molecular weight is 360 g/mol. The summed E-state index contributed by atoms with van der Waals surface area (Å²) in [4.78, 5) is 16.0. The van der Waals surface area contributed by atoms with Crippen LogP contribution < -0.4 is 5.32 Å². The molecule has 25 heavy (non-hydrogen) atoms. The van der Waals surface area contributed by atoms with Gasteiger partial charge in [-0.05, 0) is 54.0 Å². The first-order valence-electron chi connectivity index (χ1n) is 8.68. The minimum Gasteiger partial charge on any atom is -0.376 e. The third kappa shape index (κ3) is 3.55. The van der Waals surface area contributed by atoms with Crippen molar-refractivity contribution in [3.05, 3.63) is 57.5 Å². The van der Waals surface area contributed by atoms with Crippen molar-refractivity contribution in [2.75, 3.05) is 13.2 Å². The van der Waals surface area contributed by atoms with E-state index in [0.29, 0.717) is 13.2 Å². The van der Waals surface area contributed by atoms with E-state index in [2.05, 4.69) is 16.8 Å². The lowest BCUT2D eigenvalue weighted by atomic mass is 9.99. The van der Waals surface area contributed by atoms with Crippen LogP contribution in [0.1, 0.15) is 34.9 Å². The number of hydrogen-bond donors (Lipinski definition) is 1. The Morgan fingerprint density at radius 1 is 1.32 bits per heavy atom. The van der Waals surface area contributed by atoms with Gasteiger partial charge in [0.2, 0.25) is 0 Å². The van der Waals surface area contributed by atoms with Gasteiger partial charge in [0.25, 0.3) is 0 Å². The number of benzene rings is 1. The summed E-state index contributed by atoms with van der Waals surface area (Å²) < 4.78 is 19.1. The second-order valence-electron chi connectivity index (χ2n) is 6.57. The summed E-state index contributed by atoms with van der Waals surface area (Å²) in [5.41, 5.74) is 2.12. The molecule has 3 heterocycles. The van der Waals surface area contributed by atoms with Gasteiger partial charge in [-0.2, -0.15) is 0 Å². The number of ether oxygens (including phenoxy) is 1. The highest BCUT2D eigenvalue weighted by Crippen LogP contribution is 2.29. The van der Waals surface area contributed by atoms with Crippen molar-refractivity contribution in [2.45, 2.75) is 38.0 Å². The molecule has 2 atom stereocenters. The molecule has 2 aliphatic heterocycles. The van der Waals surface area contributed by atoms with Gasteiger partial charge in [0.05, 0.1) is 12.1 Å². The Bertz CT molecular complexity index is 740. The molecule has 0 saturated carbocycles. The number of carbonyl (C=O) groups is 1. The summed E-state index contributed by atoms with van der Waals surface area (Å²) in [6, 6.07) is 8.09. The molecule has 0 spiro atoms. The zero-order valence-corrected chi connectivity index (χ0v) is 14.7. The second-order valence-corrected chi connectivity index (χ2v) is 7.57. The van der Waals surface area contributed by atoms with Crippen LogP contribution in [0.4, 0.5) is 9.18 Å².